The van der Waals surface area contributed by atoms with Crippen molar-refractivity contribution in [3.8, 4) is 0 Å². The van der Waals surface area contributed by atoms with Gasteiger partial charge >= 0.3 is 6.03 Å². The summed E-state index contributed by atoms with van der Waals surface area (Å²) in [6.45, 7) is 13.6. The smallest absolute Gasteiger partial charge is 0.315 e. The summed E-state index contributed by atoms with van der Waals surface area (Å²) in [7, 11) is 0. The fourth-order valence-electron chi connectivity index (χ4n) is 3.64. The van der Waals surface area contributed by atoms with Crippen molar-refractivity contribution in [2.75, 3.05) is 51.0 Å². The van der Waals surface area contributed by atoms with E-state index in [4.69, 9.17) is 21.1 Å². The van der Waals surface area contributed by atoms with E-state index < -0.39 is 0 Å². The third-order valence-corrected chi connectivity index (χ3v) is 7.51. The van der Waals surface area contributed by atoms with Crippen LogP contribution >= 0.6 is 11.8 Å². The van der Waals surface area contributed by atoms with Crippen molar-refractivity contribution in [3.05, 3.63) is 11.9 Å². The van der Waals surface area contributed by atoms with Gasteiger partial charge in [0.1, 0.15) is 0 Å². The summed E-state index contributed by atoms with van der Waals surface area (Å²) in [6, 6.07) is -0.0182. The van der Waals surface area contributed by atoms with Crippen LogP contribution in [0.5, 0.6) is 0 Å². The number of carbonyl (C=O) groups is 2. The van der Waals surface area contributed by atoms with E-state index in [-0.39, 0.29) is 23.0 Å². The van der Waals surface area contributed by atoms with Gasteiger partial charge in [0.15, 0.2) is 0 Å². The lowest BCUT2D eigenvalue weighted by Gasteiger charge is -2.30. The Labute approximate surface area is 215 Å². The van der Waals surface area contributed by atoms with Crippen LogP contribution < -0.4 is 27.5 Å². The molecule has 2 saturated heterocycles. The molecule has 2 atom stereocenters. The van der Waals surface area contributed by atoms with Crippen LogP contribution in [0, 0.1) is 5.92 Å². The van der Waals surface area contributed by atoms with Gasteiger partial charge in [-0.1, -0.05) is 27.2 Å². The normalized spacial score (nSPS) is 23.3. The molecule has 2 rings (SSSR count). The second kappa shape index (κ2) is 16.1. The minimum Gasteiger partial charge on any atom is -0.401 e. The summed E-state index contributed by atoms with van der Waals surface area (Å²) in [5.41, 5.74) is 6.58. The standard InChI is InChI=1S/C17H36N4O3.C7H12N2OS/c1-4-5-6-17(22)20-7-9-23-11-12-24-10-8-21(19)14-16(18)13-15(2)3;1-6-3-11-4-7(6,2)9-5(10)8-6/h14-15H,4-13,18-19H2,1-3H3,(H,20,22);3-4H2,1-2H3,(H2,8,9,10)/b16-14-;. The average molecular weight is 517 g/mol. The Kier molecular flexibility index (Phi) is 14.4. The monoisotopic (exact) mass is 516 g/mol. The van der Waals surface area contributed by atoms with E-state index >= 15 is 0 Å². The van der Waals surface area contributed by atoms with Crippen molar-refractivity contribution in [2.24, 2.45) is 17.5 Å². The van der Waals surface area contributed by atoms with Gasteiger partial charge in [0, 0.05) is 36.4 Å². The number of rotatable bonds is 15. The Hall–Kier alpha value is -1.69. The molecule has 11 heteroatoms. The highest BCUT2D eigenvalue weighted by atomic mass is 32.2. The van der Waals surface area contributed by atoms with Crippen LogP contribution in [0.3, 0.4) is 0 Å². The lowest BCUT2D eigenvalue weighted by molar-refractivity contribution is -0.121. The second-order valence-electron chi connectivity index (χ2n) is 9.95. The average Bonchev–Trinajstić information content (AvgIpc) is 3.15. The van der Waals surface area contributed by atoms with Crippen LogP contribution in [0.25, 0.3) is 0 Å². The van der Waals surface area contributed by atoms with Crippen molar-refractivity contribution >= 4 is 23.7 Å². The van der Waals surface area contributed by atoms with E-state index in [1.807, 2.05) is 11.8 Å². The number of fused-ring (bicyclic) bond motifs is 1. The molecule has 0 saturated carbocycles. The minimum atomic E-state index is -0.0330. The fraction of sp³-hybridized carbons (Fsp3) is 0.833. The largest absolute Gasteiger partial charge is 0.401 e. The number of allylic oxidation sites excluding steroid dienone is 1. The van der Waals surface area contributed by atoms with Crippen LogP contribution in [0.1, 0.15) is 60.3 Å². The Morgan fingerprint density at radius 3 is 2.34 bits per heavy atom. The lowest BCUT2D eigenvalue weighted by atomic mass is 9.85. The van der Waals surface area contributed by atoms with E-state index in [2.05, 4.69) is 50.6 Å². The maximum absolute atomic E-state index is 11.4. The molecule has 0 radical (unpaired) electrons. The van der Waals surface area contributed by atoms with Crippen molar-refractivity contribution in [2.45, 2.75) is 71.4 Å². The number of nitrogens with zero attached hydrogens (tertiary/aromatic N) is 1. The van der Waals surface area contributed by atoms with E-state index in [0.717, 1.165) is 36.5 Å². The number of amides is 3. The fourth-order valence-corrected chi connectivity index (χ4v) is 5.34. The van der Waals surface area contributed by atoms with Gasteiger partial charge in [-0.15, -0.1) is 0 Å². The summed E-state index contributed by atoms with van der Waals surface area (Å²) < 4.78 is 10.8. The van der Waals surface area contributed by atoms with Crippen molar-refractivity contribution in [1.29, 1.82) is 0 Å². The molecule has 3 amide bonds. The lowest BCUT2D eigenvalue weighted by Crippen LogP contribution is -2.55. The molecule has 0 bridgehead atoms. The van der Waals surface area contributed by atoms with E-state index in [9.17, 15) is 9.59 Å². The maximum Gasteiger partial charge on any atom is 0.315 e. The molecule has 204 valence electrons. The first kappa shape index (κ1) is 31.3. The number of hydrazine groups is 1. The zero-order valence-electron chi connectivity index (χ0n) is 22.3. The summed E-state index contributed by atoms with van der Waals surface area (Å²) in [5, 5.41) is 10.3. The first-order chi connectivity index (χ1) is 16.5. The highest BCUT2D eigenvalue weighted by molar-refractivity contribution is 7.99. The third-order valence-electron chi connectivity index (χ3n) is 5.95. The first-order valence-corrected chi connectivity index (χ1v) is 13.7. The number of unbranched alkanes of at least 4 members (excludes halogenated alkanes) is 1. The number of ether oxygens (including phenoxy) is 2. The third kappa shape index (κ3) is 12.2. The van der Waals surface area contributed by atoms with Crippen molar-refractivity contribution < 1.29 is 19.1 Å². The molecule has 0 aromatic rings. The van der Waals surface area contributed by atoms with Gasteiger partial charge in [-0.25, -0.2) is 10.6 Å². The molecular weight excluding hydrogens is 468 g/mol. The van der Waals surface area contributed by atoms with Gasteiger partial charge in [0.05, 0.1) is 44.1 Å². The summed E-state index contributed by atoms with van der Waals surface area (Å²) in [5.74, 6) is 8.45. The predicted molar refractivity (Wildman–Crippen MR) is 143 cm³/mol. The Bertz CT molecular complexity index is 660. The highest BCUT2D eigenvalue weighted by Gasteiger charge is 2.55. The topological polar surface area (TPSA) is 144 Å². The predicted octanol–water partition coefficient (Wildman–Crippen LogP) is 1.91. The summed E-state index contributed by atoms with van der Waals surface area (Å²) in [4.78, 5) is 22.4. The van der Waals surface area contributed by atoms with Gasteiger partial charge in [-0.2, -0.15) is 11.8 Å². The zero-order valence-corrected chi connectivity index (χ0v) is 23.1. The summed E-state index contributed by atoms with van der Waals surface area (Å²) >= 11 is 1.89. The van der Waals surface area contributed by atoms with Gasteiger partial charge in [-0.3, -0.25) is 4.79 Å². The number of thioether (sulfide) groups is 1. The SMILES string of the molecule is CC12CSCC1(C)NC(=O)N2.CCCCC(=O)NCCOCCOCCN(N)/C=C(\N)CC(C)C. The molecule has 0 aromatic heterocycles. The van der Waals surface area contributed by atoms with Crippen LogP contribution in [0.15, 0.2) is 11.9 Å². The Morgan fingerprint density at radius 2 is 1.77 bits per heavy atom. The molecule has 0 aliphatic carbocycles. The van der Waals surface area contributed by atoms with Crippen LogP contribution in [0.2, 0.25) is 0 Å². The number of nitrogens with two attached hydrogens (primary N) is 2. The molecule has 0 aromatic carbocycles. The minimum absolute atomic E-state index is 0.0182. The quantitative estimate of drug-likeness (QED) is 0.0961. The number of nitrogens with one attached hydrogen (secondary N) is 3. The number of carbonyl (C=O) groups excluding carboxylic acids is 2. The number of urea groups is 1. The molecule has 2 fully saturated rings. The zero-order chi connectivity index (χ0) is 26.3. The maximum atomic E-state index is 11.4. The number of hydrogen-bond acceptors (Lipinski definition) is 8. The highest BCUT2D eigenvalue weighted by Crippen LogP contribution is 2.39. The molecule has 2 aliphatic heterocycles. The van der Waals surface area contributed by atoms with Gasteiger partial charge < -0.3 is 36.2 Å². The van der Waals surface area contributed by atoms with Gasteiger partial charge in [0.2, 0.25) is 5.91 Å². The van der Waals surface area contributed by atoms with E-state index in [1.165, 1.54) is 0 Å². The van der Waals surface area contributed by atoms with Crippen molar-refractivity contribution in [1.82, 2.24) is 21.0 Å². The van der Waals surface area contributed by atoms with Gasteiger partial charge in [0.25, 0.3) is 0 Å². The molecule has 2 heterocycles. The van der Waals surface area contributed by atoms with E-state index in [0.29, 0.717) is 51.9 Å². The molecule has 35 heavy (non-hydrogen) atoms. The van der Waals surface area contributed by atoms with Crippen LogP contribution in [-0.2, 0) is 14.3 Å². The van der Waals surface area contributed by atoms with Crippen LogP contribution in [-0.4, -0.2) is 79.0 Å². The first-order valence-electron chi connectivity index (χ1n) is 12.6. The number of hydrogen-bond donors (Lipinski definition) is 5. The van der Waals surface area contributed by atoms with Crippen LogP contribution in [0.4, 0.5) is 4.79 Å². The van der Waals surface area contributed by atoms with Crippen molar-refractivity contribution in [3.63, 3.8) is 0 Å². The summed E-state index contributed by atoms with van der Waals surface area (Å²) in [6.07, 6.45) is 5.13. The van der Waals surface area contributed by atoms with E-state index in [1.54, 1.807) is 11.2 Å². The molecule has 0 spiro atoms. The molecule has 2 aliphatic rings. The Morgan fingerprint density at radius 1 is 1.17 bits per heavy atom. The Balaban J connectivity index is 0.000000453. The molecule has 7 N–H and O–H groups in total. The molecule has 2 unspecified atom stereocenters. The molecular formula is C24H48N6O4S. The van der Waals surface area contributed by atoms with Gasteiger partial charge in [-0.05, 0) is 32.6 Å². The molecule has 10 nitrogen and oxygen atoms in total. The second-order valence-corrected chi connectivity index (χ2v) is 10.9.